The molecule has 0 aliphatic carbocycles. The smallest absolute Gasteiger partial charge is 0.491 e. The van der Waals surface area contributed by atoms with Crippen LogP contribution in [0.5, 0.6) is 11.5 Å². The number of amides is 1. The van der Waals surface area contributed by atoms with E-state index >= 15 is 0 Å². The molecular formula is C22H15F5N2O3. The summed E-state index contributed by atoms with van der Waals surface area (Å²) in [4.78, 5) is 17.3. The maximum Gasteiger partial charge on any atom is 0.573 e. The molecule has 1 aliphatic heterocycles. The van der Waals surface area contributed by atoms with E-state index in [0.717, 1.165) is 24.3 Å². The monoisotopic (exact) mass is 450 g/mol. The number of rotatable bonds is 4. The topological polar surface area (TPSA) is 60.5 Å². The Kier molecular flexibility index (Phi) is 5.45. The number of hydrogen-bond acceptors (Lipinski definition) is 4. The molecule has 0 bridgehead atoms. The molecule has 32 heavy (non-hydrogen) atoms. The molecule has 1 amide bonds. The Labute approximate surface area is 178 Å². The van der Waals surface area contributed by atoms with Gasteiger partial charge in [-0.15, -0.1) is 13.2 Å². The van der Waals surface area contributed by atoms with E-state index in [0.29, 0.717) is 5.75 Å². The Morgan fingerprint density at radius 1 is 1.09 bits per heavy atom. The van der Waals surface area contributed by atoms with Gasteiger partial charge in [0.25, 0.3) is 5.91 Å². The third-order valence-electron chi connectivity index (χ3n) is 4.99. The van der Waals surface area contributed by atoms with Crippen LogP contribution in [0, 0.1) is 11.6 Å². The van der Waals surface area contributed by atoms with E-state index in [-0.39, 0.29) is 29.8 Å². The van der Waals surface area contributed by atoms with Crippen molar-refractivity contribution in [2.75, 3.05) is 6.61 Å². The molecule has 1 aliphatic rings. The minimum atomic E-state index is -5.07. The van der Waals surface area contributed by atoms with Crippen LogP contribution in [0.4, 0.5) is 22.0 Å². The van der Waals surface area contributed by atoms with Crippen LogP contribution in [-0.4, -0.2) is 23.9 Å². The number of hydrogen-bond donors (Lipinski definition) is 1. The first-order valence-electron chi connectivity index (χ1n) is 9.40. The number of benzene rings is 2. The predicted octanol–water partition coefficient (Wildman–Crippen LogP) is 4.71. The van der Waals surface area contributed by atoms with Gasteiger partial charge in [-0.1, -0.05) is 6.07 Å². The number of alkyl halides is 3. The Bertz CT molecular complexity index is 1150. The molecule has 2 heterocycles. The highest BCUT2D eigenvalue weighted by molar-refractivity contribution is 5.95. The fraction of sp³-hybridized carbons (Fsp3) is 0.182. The van der Waals surface area contributed by atoms with Gasteiger partial charge < -0.3 is 14.8 Å². The maximum atomic E-state index is 14.6. The zero-order valence-corrected chi connectivity index (χ0v) is 16.2. The van der Waals surface area contributed by atoms with Crippen molar-refractivity contribution in [3.8, 4) is 11.5 Å². The first-order chi connectivity index (χ1) is 15.2. The average Bonchev–Trinajstić information content (AvgIpc) is 2.75. The molecule has 1 N–H and O–H groups in total. The summed E-state index contributed by atoms with van der Waals surface area (Å²) < 4.78 is 74.7. The van der Waals surface area contributed by atoms with Crippen LogP contribution in [0.15, 0.2) is 60.8 Å². The van der Waals surface area contributed by atoms with Crippen molar-refractivity contribution in [3.63, 3.8) is 0 Å². The second-order valence-electron chi connectivity index (χ2n) is 7.01. The molecular weight excluding hydrogens is 435 g/mol. The highest BCUT2D eigenvalue weighted by atomic mass is 19.4. The SMILES string of the molecule is O=C(NC1(c2ccc(OC(F)(F)F)c(F)c2)CCOc2cccnc21)c1ccc(F)cc1. The molecule has 10 heteroatoms. The molecule has 0 radical (unpaired) electrons. The van der Waals surface area contributed by atoms with E-state index in [1.54, 1.807) is 12.1 Å². The number of fused-ring (bicyclic) bond motifs is 1. The summed E-state index contributed by atoms with van der Waals surface area (Å²) in [6.45, 7) is 0.116. The van der Waals surface area contributed by atoms with Gasteiger partial charge in [0, 0.05) is 18.2 Å². The van der Waals surface area contributed by atoms with Crippen molar-refractivity contribution in [1.29, 1.82) is 0 Å². The molecule has 0 fully saturated rings. The summed E-state index contributed by atoms with van der Waals surface area (Å²) in [5.41, 5.74) is -0.890. The second-order valence-corrected chi connectivity index (χ2v) is 7.01. The van der Waals surface area contributed by atoms with Crippen LogP contribution < -0.4 is 14.8 Å². The van der Waals surface area contributed by atoms with Gasteiger partial charge in [-0.3, -0.25) is 9.78 Å². The zero-order valence-electron chi connectivity index (χ0n) is 16.2. The van der Waals surface area contributed by atoms with Crippen LogP contribution >= 0.6 is 0 Å². The first-order valence-corrected chi connectivity index (χ1v) is 9.40. The van der Waals surface area contributed by atoms with E-state index < -0.39 is 35.2 Å². The van der Waals surface area contributed by atoms with Crippen molar-refractivity contribution in [1.82, 2.24) is 10.3 Å². The molecule has 1 aromatic heterocycles. The normalized spacial score (nSPS) is 17.8. The number of carbonyl (C=O) groups is 1. The summed E-state index contributed by atoms with van der Waals surface area (Å²) in [5, 5.41) is 2.80. The van der Waals surface area contributed by atoms with E-state index in [2.05, 4.69) is 15.0 Å². The van der Waals surface area contributed by atoms with Crippen molar-refractivity contribution >= 4 is 5.91 Å². The van der Waals surface area contributed by atoms with Crippen LogP contribution in [0.2, 0.25) is 0 Å². The summed E-state index contributed by atoms with van der Waals surface area (Å²) in [6.07, 6.45) is -3.50. The summed E-state index contributed by atoms with van der Waals surface area (Å²) in [7, 11) is 0. The van der Waals surface area contributed by atoms with Crippen molar-refractivity contribution in [2.45, 2.75) is 18.3 Å². The molecule has 5 nitrogen and oxygen atoms in total. The Balaban J connectivity index is 1.80. The number of nitrogens with zero attached hydrogens (tertiary/aromatic N) is 1. The number of nitrogens with one attached hydrogen (secondary N) is 1. The number of carbonyl (C=O) groups excluding carboxylic acids is 1. The second kappa shape index (κ2) is 8.10. The van der Waals surface area contributed by atoms with Gasteiger partial charge in [0.05, 0.1) is 6.61 Å². The van der Waals surface area contributed by atoms with Gasteiger partial charge in [0.2, 0.25) is 0 Å². The number of halogens is 5. The van der Waals surface area contributed by atoms with Crippen LogP contribution in [0.3, 0.4) is 0 Å². The third-order valence-corrected chi connectivity index (χ3v) is 4.99. The lowest BCUT2D eigenvalue weighted by Crippen LogP contribution is -2.50. The lowest BCUT2D eigenvalue weighted by molar-refractivity contribution is -0.275. The first kappa shape index (κ1) is 21.5. The third kappa shape index (κ3) is 4.20. The minimum Gasteiger partial charge on any atom is -0.491 e. The Morgan fingerprint density at radius 3 is 2.53 bits per heavy atom. The van der Waals surface area contributed by atoms with E-state index in [9.17, 15) is 26.7 Å². The maximum absolute atomic E-state index is 14.6. The molecule has 0 spiro atoms. The minimum absolute atomic E-state index is 0.114. The van der Waals surface area contributed by atoms with Crippen molar-refractivity contribution in [2.24, 2.45) is 0 Å². The molecule has 1 atom stereocenters. The highest BCUT2D eigenvalue weighted by Crippen LogP contribution is 2.42. The van der Waals surface area contributed by atoms with E-state index in [1.807, 2.05) is 0 Å². The summed E-state index contributed by atoms with van der Waals surface area (Å²) in [5.74, 6) is -3.08. The molecule has 2 aromatic carbocycles. The van der Waals surface area contributed by atoms with Crippen LogP contribution in [0.25, 0.3) is 0 Å². The number of aromatic nitrogens is 1. The zero-order chi connectivity index (χ0) is 22.9. The van der Waals surface area contributed by atoms with Gasteiger partial charge in [-0.05, 0) is 54.1 Å². The Hall–Kier alpha value is -3.69. The highest BCUT2D eigenvalue weighted by Gasteiger charge is 2.43. The molecule has 0 saturated carbocycles. The van der Waals surface area contributed by atoms with Crippen molar-refractivity contribution in [3.05, 3.63) is 89.2 Å². The van der Waals surface area contributed by atoms with Gasteiger partial charge in [0.1, 0.15) is 22.8 Å². The molecule has 0 saturated heterocycles. The Morgan fingerprint density at radius 2 is 1.84 bits per heavy atom. The number of pyridine rings is 1. The average molecular weight is 450 g/mol. The standard InChI is InChI=1S/C22H15F5N2O3/c23-15-6-3-13(4-7-15)20(30)29-21(9-11-31-18-2-1-10-28-19(18)21)14-5-8-17(16(24)12-14)32-22(25,26)27/h1-8,10,12H,9,11H2,(H,29,30). The quantitative estimate of drug-likeness (QED) is 0.585. The van der Waals surface area contributed by atoms with Gasteiger partial charge in [-0.25, -0.2) is 8.78 Å². The van der Waals surface area contributed by atoms with Gasteiger partial charge >= 0.3 is 6.36 Å². The molecule has 3 aromatic rings. The summed E-state index contributed by atoms with van der Waals surface area (Å²) >= 11 is 0. The fourth-order valence-electron chi connectivity index (χ4n) is 3.58. The largest absolute Gasteiger partial charge is 0.573 e. The van der Waals surface area contributed by atoms with Crippen LogP contribution in [0.1, 0.15) is 28.0 Å². The van der Waals surface area contributed by atoms with Crippen molar-refractivity contribution < 1.29 is 36.2 Å². The molecule has 166 valence electrons. The summed E-state index contributed by atoms with van der Waals surface area (Å²) in [6, 6.07) is 10.9. The van der Waals surface area contributed by atoms with Gasteiger partial charge in [-0.2, -0.15) is 0 Å². The lowest BCUT2D eigenvalue weighted by Gasteiger charge is -2.39. The predicted molar refractivity (Wildman–Crippen MR) is 102 cm³/mol. The van der Waals surface area contributed by atoms with E-state index in [4.69, 9.17) is 4.74 Å². The fourth-order valence-corrected chi connectivity index (χ4v) is 3.58. The van der Waals surface area contributed by atoms with Crippen LogP contribution in [-0.2, 0) is 5.54 Å². The van der Waals surface area contributed by atoms with E-state index in [1.165, 1.54) is 24.4 Å². The lowest BCUT2D eigenvalue weighted by atomic mass is 9.81. The number of ether oxygens (including phenoxy) is 2. The molecule has 4 rings (SSSR count). The molecule has 1 unspecified atom stereocenters. The van der Waals surface area contributed by atoms with Gasteiger partial charge in [0.15, 0.2) is 11.6 Å².